The van der Waals surface area contributed by atoms with Crippen LogP contribution in [0.3, 0.4) is 0 Å². The number of aromatic nitrogens is 4. The second-order valence-electron chi connectivity index (χ2n) is 7.95. The fraction of sp³-hybridized carbons (Fsp3) is 0.0800. The minimum absolute atomic E-state index is 0.0727. The molecule has 2 aromatic carbocycles. The Labute approximate surface area is 213 Å². The first-order valence-electron chi connectivity index (χ1n) is 11.0. The normalized spacial score (nSPS) is 11.1. The Morgan fingerprint density at radius 3 is 2.42 bits per heavy atom. The number of anilines is 3. The summed E-state index contributed by atoms with van der Waals surface area (Å²) < 4.78 is 42.7. The molecule has 2 aromatic heterocycles. The van der Waals surface area contributed by atoms with Gasteiger partial charge in [0.2, 0.25) is 0 Å². The first kappa shape index (κ1) is 25.9. The highest BCUT2D eigenvalue weighted by Gasteiger charge is 2.31. The minimum Gasteiger partial charge on any atom is -0.348 e. The van der Waals surface area contributed by atoms with Crippen LogP contribution in [-0.2, 0) is 6.18 Å². The summed E-state index contributed by atoms with van der Waals surface area (Å²) >= 11 is 0. The molecule has 2 amide bonds. The first-order valence-corrected chi connectivity index (χ1v) is 11.0. The van der Waals surface area contributed by atoms with Crippen molar-refractivity contribution in [2.24, 2.45) is 0 Å². The molecule has 0 radical (unpaired) electrons. The van der Waals surface area contributed by atoms with Crippen LogP contribution < -0.4 is 21.4 Å². The molecule has 0 saturated carbocycles. The maximum absolute atomic E-state index is 13.3. The summed E-state index contributed by atoms with van der Waals surface area (Å²) in [5, 5.41) is 23.3. The van der Waals surface area contributed by atoms with E-state index in [0.717, 1.165) is 12.1 Å². The molecule has 194 valence electrons. The van der Waals surface area contributed by atoms with Gasteiger partial charge in [-0.2, -0.15) is 13.2 Å². The van der Waals surface area contributed by atoms with E-state index in [-0.39, 0.29) is 28.1 Å². The number of carbonyl (C=O) groups excluding carboxylic acids is 1. The van der Waals surface area contributed by atoms with Gasteiger partial charge in [0.15, 0.2) is 5.43 Å². The Morgan fingerprint density at radius 2 is 1.82 bits per heavy atom. The first-order chi connectivity index (χ1) is 18.1. The number of hydrogen-bond acceptors (Lipinski definition) is 6. The Kier molecular flexibility index (Phi) is 7.10. The lowest BCUT2D eigenvalue weighted by Crippen LogP contribution is -2.21. The Balaban J connectivity index is 1.58. The minimum atomic E-state index is -4.61. The van der Waals surface area contributed by atoms with Gasteiger partial charge in [0.05, 0.1) is 34.9 Å². The highest BCUT2D eigenvalue weighted by Crippen LogP contribution is 2.33. The summed E-state index contributed by atoms with van der Waals surface area (Å²) in [7, 11) is 0. The Morgan fingerprint density at radius 1 is 1.08 bits per heavy atom. The smallest absolute Gasteiger partial charge is 0.348 e. The lowest BCUT2D eigenvalue weighted by atomic mass is 10.1. The van der Waals surface area contributed by atoms with Gasteiger partial charge in [-0.25, -0.2) is 9.48 Å². The highest BCUT2D eigenvalue weighted by molar-refractivity contribution is 6.02. The lowest BCUT2D eigenvalue weighted by Gasteiger charge is -2.17. The topological polar surface area (TPSA) is 130 Å². The average Bonchev–Trinajstić information content (AvgIpc) is 3.39. The summed E-state index contributed by atoms with van der Waals surface area (Å²) in [6.45, 7) is 5.12. The van der Waals surface area contributed by atoms with Gasteiger partial charge in [-0.15, -0.1) is 5.10 Å². The molecule has 2 heterocycles. The molecule has 13 heteroatoms. The van der Waals surface area contributed by atoms with Crippen molar-refractivity contribution in [3.63, 3.8) is 0 Å². The van der Waals surface area contributed by atoms with E-state index in [4.69, 9.17) is 5.41 Å². The zero-order valence-electron chi connectivity index (χ0n) is 19.9. The van der Waals surface area contributed by atoms with Gasteiger partial charge in [0.1, 0.15) is 5.82 Å². The third-order valence-electron chi connectivity index (χ3n) is 5.36. The third-order valence-corrected chi connectivity index (χ3v) is 5.36. The number of alkyl halides is 3. The van der Waals surface area contributed by atoms with Gasteiger partial charge in [0, 0.05) is 29.3 Å². The number of amides is 2. The van der Waals surface area contributed by atoms with Crippen molar-refractivity contribution in [3.05, 3.63) is 101 Å². The summed E-state index contributed by atoms with van der Waals surface area (Å²) in [5.74, 6) is 0.351. The van der Waals surface area contributed by atoms with Crippen LogP contribution in [0.2, 0.25) is 0 Å². The zero-order chi connectivity index (χ0) is 27.4. The van der Waals surface area contributed by atoms with Crippen molar-refractivity contribution >= 4 is 28.9 Å². The number of benzene rings is 2. The van der Waals surface area contributed by atoms with Gasteiger partial charge in [-0.3, -0.25) is 4.79 Å². The highest BCUT2D eigenvalue weighted by atomic mass is 19.4. The van der Waals surface area contributed by atoms with Crippen molar-refractivity contribution in [1.82, 2.24) is 19.6 Å². The van der Waals surface area contributed by atoms with Crippen LogP contribution in [0.4, 0.5) is 35.2 Å². The molecule has 0 aliphatic carbocycles. The maximum Gasteiger partial charge on any atom is 0.416 e. The van der Waals surface area contributed by atoms with Crippen LogP contribution in [0.25, 0.3) is 11.4 Å². The van der Waals surface area contributed by atoms with Gasteiger partial charge in [-0.1, -0.05) is 11.8 Å². The maximum atomic E-state index is 13.3. The zero-order valence-corrected chi connectivity index (χ0v) is 19.9. The molecule has 0 aliphatic rings. The summed E-state index contributed by atoms with van der Waals surface area (Å²) in [6, 6.07) is 9.90. The van der Waals surface area contributed by atoms with Crippen LogP contribution in [0, 0.1) is 5.41 Å². The number of rotatable bonds is 7. The molecule has 38 heavy (non-hydrogen) atoms. The second kappa shape index (κ2) is 10.4. The Hall–Kier alpha value is -5.20. The SMILES string of the molecule is C=CNc1c(C(C)=N)c(=O)ccn1-c1ccc(NC(=O)Nc2cc(C(F)(F)F)ccc2-n2ccnn2)cc1. The van der Waals surface area contributed by atoms with Gasteiger partial charge >= 0.3 is 12.2 Å². The molecule has 0 aliphatic heterocycles. The monoisotopic (exact) mass is 522 g/mol. The fourth-order valence-corrected chi connectivity index (χ4v) is 3.69. The fourth-order valence-electron chi connectivity index (χ4n) is 3.69. The molecule has 4 N–H and O–H groups in total. The van der Waals surface area contributed by atoms with E-state index < -0.39 is 17.8 Å². The van der Waals surface area contributed by atoms with E-state index in [1.165, 1.54) is 48.5 Å². The van der Waals surface area contributed by atoms with Crippen molar-refractivity contribution in [2.45, 2.75) is 13.1 Å². The number of urea groups is 1. The van der Waals surface area contributed by atoms with Crippen LogP contribution in [0.5, 0.6) is 0 Å². The second-order valence-corrected chi connectivity index (χ2v) is 7.95. The molecule has 0 atom stereocenters. The molecular formula is C25H21F3N8O2. The van der Waals surface area contributed by atoms with Crippen molar-refractivity contribution in [3.8, 4) is 11.4 Å². The molecular weight excluding hydrogens is 501 g/mol. The number of nitrogens with zero attached hydrogens (tertiary/aromatic N) is 4. The number of hydrogen-bond donors (Lipinski definition) is 4. The number of nitrogens with one attached hydrogen (secondary N) is 4. The van der Waals surface area contributed by atoms with Gasteiger partial charge in [0.25, 0.3) is 0 Å². The molecule has 0 saturated heterocycles. The molecule has 0 fully saturated rings. The lowest BCUT2D eigenvalue weighted by molar-refractivity contribution is -0.137. The summed E-state index contributed by atoms with van der Waals surface area (Å²) in [4.78, 5) is 25.0. The number of pyridine rings is 1. The van der Waals surface area contributed by atoms with E-state index in [9.17, 15) is 22.8 Å². The predicted molar refractivity (Wildman–Crippen MR) is 137 cm³/mol. The third kappa shape index (κ3) is 5.46. The number of carbonyl (C=O) groups is 1. The van der Waals surface area contributed by atoms with Crippen LogP contribution in [-0.4, -0.2) is 31.3 Å². The van der Waals surface area contributed by atoms with E-state index in [2.05, 4.69) is 32.8 Å². The molecule has 0 spiro atoms. The van der Waals surface area contributed by atoms with Crippen molar-refractivity contribution < 1.29 is 18.0 Å². The van der Waals surface area contributed by atoms with E-state index in [1.54, 1.807) is 28.8 Å². The molecule has 0 bridgehead atoms. The van der Waals surface area contributed by atoms with E-state index in [1.807, 2.05) is 0 Å². The standard InChI is InChI=1S/C25H21F3N8O2/c1-3-30-23-22(15(2)29)21(37)10-12-35(23)18-7-5-17(6-8-18)32-24(38)33-19-14-16(25(26,27)28)4-9-20(19)36-13-11-31-34-36/h3-14,29-30H,1H2,2H3,(H2,32,33,38). The number of halogens is 3. The van der Waals surface area contributed by atoms with Gasteiger partial charge in [-0.05, 0) is 55.6 Å². The van der Waals surface area contributed by atoms with Crippen LogP contribution >= 0.6 is 0 Å². The summed E-state index contributed by atoms with van der Waals surface area (Å²) in [6.07, 6.45) is 1.10. The largest absolute Gasteiger partial charge is 0.416 e. The summed E-state index contributed by atoms with van der Waals surface area (Å²) in [5.41, 5.74) is 0.0128. The molecule has 0 unspecified atom stereocenters. The van der Waals surface area contributed by atoms with E-state index >= 15 is 0 Å². The molecule has 4 aromatic rings. The quantitative estimate of drug-likeness (QED) is 0.253. The average molecular weight is 522 g/mol. The van der Waals surface area contributed by atoms with Crippen molar-refractivity contribution in [2.75, 3.05) is 16.0 Å². The van der Waals surface area contributed by atoms with Gasteiger partial charge < -0.3 is 25.9 Å². The Bertz CT molecular complexity index is 1560. The van der Waals surface area contributed by atoms with E-state index in [0.29, 0.717) is 17.2 Å². The van der Waals surface area contributed by atoms with Crippen LogP contribution in [0.1, 0.15) is 18.1 Å². The molecule has 4 rings (SSSR count). The molecule has 10 nitrogen and oxygen atoms in total. The predicted octanol–water partition coefficient (Wildman–Crippen LogP) is 5.02. The van der Waals surface area contributed by atoms with Crippen molar-refractivity contribution in [1.29, 1.82) is 5.41 Å². The van der Waals surface area contributed by atoms with Crippen LogP contribution in [0.15, 0.2) is 84.7 Å².